The number of piperidine rings is 1. The number of hydrogen-bond acceptors (Lipinski definition) is 5. The second-order valence-electron chi connectivity index (χ2n) is 13.7. The molecule has 7 rings (SSSR count). The maximum Gasteiger partial charge on any atom is 0.172 e. The number of rotatable bonds is 0. The van der Waals surface area contributed by atoms with E-state index >= 15 is 0 Å². The number of ether oxygens (including phenoxy) is 3. The molecule has 0 amide bonds. The number of fused-ring (bicyclic) bond motifs is 6. The fourth-order valence-corrected chi connectivity index (χ4v) is 10.3. The molecular formula is C29H46N2O3. The third kappa shape index (κ3) is 2.85. The van der Waals surface area contributed by atoms with Gasteiger partial charge < -0.3 is 19.1 Å². The van der Waals surface area contributed by atoms with E-state index in [0.717, 1.165) is 76.3 Å². The van der Waals surface area contributed by atoms with E-state index in [4.69, 9.17) is 14.2 Å². The molecule has 6 atom stereocenters. The average molecular weight is 471 g/mol. The van der Waals surface area contributed by atoms with Crippen molar-refractivity contribution in [3.05, 3.63) is 11.6 Å². The number of hydrogen-bond donors (Lipinski definition) is 0. The van der Waals surface area contributed by atoms with Crippen molar-refractivity contribution < 1.29 is 14.2 Å². The monoisotopic (exact) mass is 470 g/mol. The fourth-order valence-electron chi connectivity index (χ4n) is 10.3. The van der Waals surface area contributed by atoms with E-state index in [2.05, 4.69) is 43.8 Å². The summed E-state index contributed by atoms with van der Waals surface area (Å²) in [7, 11) is 4.61. The molecule has 3 saturated carbocycles. The van der Waals surface area contributed by atoms with Crippen LogP contribution in [0, 0.1) is 28.6 Å². The number of likely N-dealkylation sites (N-methyl/N-ethyl adjacent to an activating group) is 1. The third-order valence-corrected chi connectivity index (χ3v) is 12.6. The van der Waals surface area contributed by atoms with Crippen molar-refractivity contribution in [1.82, 2.24) is 9.80 Å². The van der Waals surface area contributed by atoms with Crippen LogP contribution >= 0.6 is 0 Å². The Morgan fingerprint density at radius 2 is 1.62 bits per heavy atom. The molecule has 3 saturated heterocycles. The molecule has 0 aromatic rings. The second kappa shape index (κ2) is 7.31. The van der Waals surface area contributed by atoms with Gasteiger partial charge in [0.05, 0.1) is 18.8 Å². The van der Waals surface area contributed by atoms with Gasteiger partial charge in [-0.15, -0.1) is 0 Å². The van der Waals surface area contributed by atoms with Gasteiger partial charge in [0, 0.05) is 50.7 Å². The minimum absolute atomic E-state index is 0.0220. The van der Waals surface area contributed by atoms with Crippen molar-refractivity contribution in [2.75, 3.05) is 46.9 Å². The molecule has 0 aromatic heterocycles. The van der Waals surface area contributed by atoms with E-state index < -0.39 is 0 Å². The quantitative estimate of drug-likeness (QED) is 0.475. The van der Waals surface area contributed by atoms with Gasteiger partial charge in [0.2, 0.25) is 0 Å². The maximum absolute atomic E-state index is 7.40. The average Bonchev–Trinajstić information content (AvgIpc) is 3.47. The van der Waals surface area contributed by atoms with E-state index in [0.29, 0.717) is 10.8 Å². The SMILES string of the molecule is CN1CCC2(CC1)O[C@]1(CCC3C4CC=C5CC6(CC[C@@]5(C)C4CC[C@]31C)OCCO6)CN2C. The van der Waals surface area contributed by atoms with Gasteiger partial charge in [-0.1, -0.05) is 25.5 Å². The summed E-state index contributed by atoms with van der Waals surface area (Å²) in [6.45, 7) is 10.2. The zero-order valence-corrected chi connectivity index (χ0v) is 22.0. The molecule has 3 heterocycles. The Hall–Kier alpha value is -0.460. The number of allylic oxidation sites excluding steroid dienone is 1. The highest BCUT2D eigenvalue weighted by Gasteiger charge is 2.69. The Bertz CT molecular complexity index is 875. The minimum Gasteiger partial charge on any atom is -0.352 e. The van der Waals surface area contributed by atoms with Gasteiger partial charge >= 0.3 is 0 Å². The lowest BCUT2D eigenvalue weighted by atomic mass is 9.46. The lowest BCUT2D eigenvalue weighted by Gasteiger charge is -2.60. The van der Waals surface area contributed by atoms with Gasteiger partial charge in [-0.3, -0.25) is 4.90 Å². The van der Waals surface area contributed by atoms with E-state index in [1.165, 1.54) is 38.5 Å². The second-order valence-corrected chi connectivity index (χ2v) is 13.7. The number of nitrogens with zero attached hydrogens (tertiary/aromatic N) is 2. The summed E-state index contributed by atoms with van der Waals surface area (Å²) in [6.07, 6.45) is 14.8. The van der Waals surface area contributed by atoms with Crippen LogP contribution in [0.4, 0.5) is 0 Å². The Balaban J connectivity index is 1.16. The van der Waals surface area contributed by atoms with Gasteiger partial charge in [0.25, 0.3) is 0 Å². The van der Waals surface area contributed by atoms with Crippen molar-refractivity contribution in [1.29, 1.82) is 0 Å². The van der Waals surface area contributed by atoms with Crippen LogP contribution < -0.4 is 0 Å². The Kier molecular flexibility index (Phi) is 4.88. The molecule has 190 valence electrons. The lowest BCUT2D eigenvalue weighted by molar-refractivity contribution is -0.207. The summed E-state index contributed by atoms with van der Waals surface area (Å²) < 4.78 is 19.7. The number of likely N-dealkylation sites (tertiary alicyclic amines) is 1. The van der Waals surface area contributed by atoms with Gasteiger partial charge in [-0.05, 0) is 75.8 Å². The highest BCUT2D eigenvalue weighted by Crippen LogP contribution is 2.70. The lowest BCUT2D eigenvalue weighted by Crippen LogP contribution is -2.57. The molecule has 0 bridgehead atoms. The highest BCUT2D eigenvalue weighted by atomic mass is 16.7. The molecule has 5 heteroatoms. The van der Waals surface area contributed by atoms with Crippen molar-refractivity contribution in [2.24, 2.45) is 28.6 Å². The predicted octanol–water partition coefficient (Wildman–Crippen LogP) is 4.82. The van der Waals surface area contributed by atoms with Crippen LogP contribution in [0.3, 0.4) is 0 Å². The highest BCUT2D eigenvalue weighted by molar-refractivity contribution is 5.28. The molecular weight excluding hydrogens is 424 g/mol. The van der Waals surface area contributed by atoms with Gasteiger partial charge in [0.1, 0.15) is 5.72 Å². The Labute approximate surface area is 206 Å². The predicted molar refractivity (Wildman–Crippen MR) is 132 cm³/mol. The molecule has 6 fully saturated rings. The Morgan fingerprint density at radius 3 is 2.38 bits per heavy atom. The smallest absolute Gasteiger partial charge is 0.172 e. The summed E-state index contributed by atoms with van der Waals surface area (Å²) in [5.41, 5.74) is 2.33. The summed E-state index contributed by atoms with van der Waals surface area (Å²) in [6, 6.07) is 0. The van der Waals surface area contributed by atoms with Crippen LogP contribution in [0.15, 0.2) is 11.6 Å². The molecule has 7 aliphatic rings. The van der Waals surface area contributed by atoms with Crippen molar-refractivity contribution in [3.8, 4) is 0 Å². The van der Waals surface area contributed by atoms with Gasteiger partial charge in [0.15, 0.2) is 5.79 Å². The summed E-state index contributed by atoms with van der Waals surface area (Å²) in [5, 5.41) is 0. The van der Waals surface area contributed by atoms with Crippen molar-refractivity contribution in [2.45, 2.75) is 95.2 Å². The summed E-state index contributed by atoms with van der Waals surface area (Å²) in [4.78, 5) is 5.10. The molecule has 3 aliphatic heterocycles. The standard InChI is InChI=1S/C29H46N2O3/c1-25-11-12-29(32-17-18-33-29)19-21(25)5-6-22-23(25)7-9-26(2)24(22)8-10-27(26)20-31(4)28(34-27)13-15-30(3)16-14-28/h5,22-24H,6-20H2,1-4H3/t22?,23?,24?,25-,26-,27-/m1/s1. The summed E-state index contributed by atoms with van der Waals surface area (Å²) in [5.74, 6) is 2.12. The molecule has 0 aromatic carbocycles. The first kappa shape index (κ1) is 22.7. The van der Waals surface area contributed by atoms with Gasteiger partial charge in [-0.25, -0.2) is 0 Å². The molecule has 3 spiro atoms. The maximum atomic E-state index is 7.40. The first-order chi connectivity index (χ1) is 16.2. The zero-order valence-electron chi connectivity index (χ0n) is 22.0. The van der Waals surface area contributed by atoms with E-state index in [1.54, 1.807) is 5.57 Å². The molecule has 34 heavy (non-hydrogen) atoms. The molecule has 0 radical (unpaired) electrons. The van der Waals surface area contributed by atoms with Crippen LogP contribution in [-0.2, 0) is 14.2 Å². The van der Waals surface area contributed by atoms with Crippen molar-refractivity contribution in [3.63, 3.8) is 0 Å². The van der Waals surface area contributed by atoms with Crippen LogP contribution in [0.25, 0.3) is 0 Å². The summed E-state index contributed by atoms with van der Waals surface area (Å²) >= 11 is 0. The molecule has 4 aliphatic carbocycles. The first-order valence-electron chi connectivity index (χ1n) is 14.3. The minimum atomic E-state index is -0.302. The van der Waals surface area contributed by atoms with Crippen molar-refractivity contribution >= 4 is 0 Å². The largest absolute Gasteiger partial charge is 0.352 e. The first-order valence-corrected chi connectivity index (χ1v) is 14.3. The third-order valence-electron chi connectivity index (χ3n) is 12.6. The van der Waals surface area contributed by atoms with Crippen LogP contribution in [-0.4, -0.2) is 73.9 Å². The van der Waals surface area contributed by atoms with E-state index in [9.17, 15) is 0 Å². The van der Waals surface area contributed by atoms with Crippen LogP contribution in [0.5, 0.6) is 0 Å². The fraction of sp³-hybridized carbons (Fsp3) is 0.931. The zero-order chi connectivity index (χ0) is 23.4. The van der Waals surface area contributed by atoms with E-state index in [1.807, 2.05) is 0 Å². The van der Waals surface area contributed by atoms with E-state index in [-0.39, 0.29) is 17.1 Å². The van der Waals surface area contributed by atoms with Gasteiger partial charge in [-0.2, -0.15) is 0 Å². The van der Waals surface area contributed by atoms with Crippen LogP contribution in [0.1, 0.15) is 78.1 Å². The molecule has 0 N–H and O–H groups in total. The normalized spacial score (nSPS) is 49.9. The van der Waals surface area contributed by atoms with Crippen LogP contribution in [0.2, 0.25) is 0 Å². The molecule has 5 nitrogen and oxygen atoms in total. The Morgan fingerprint density at radius 1 is 0.882 bits per heavy atom. The molecule has 3 unspecified atom stereocenters. The topological polar surface area (TPSA) is 34.2 Å².